The summed E-state index contributed by atoms with van der Waals surface area (Å²) in [7, 11) is 0. The van der Waals surface area contributed by atoms with E-state index in [2.05, 4.69) is 215 Å². The van der Waals surface area contributed by atoms with Crippen LogP contribution in [0.4, 0.5) is 0 Å². The average Bonchev–Trinajstić information content (AvgIpc) is 3.80. The van der Waals surface area contributed by atoms with Gasteiger partial charge in [0.25, 0.3) is 0 Å². The quantitative estimate of drug-likeness (QED) is 0.162. The fourth-order valence-corrected chi connectivity index (χ4v) is 9.13. The fraction of sp³-hybridized carbons (Fsp3) is 0.0370. The lowest BCUT2D eigenvalue weighted by atomic mass is 9.85. The number of nitrogens with zero attached hydrogens (tertiary/aromatic N) is 2. The van der Waals surface area contributed by atoms with E-state index in [0.717, 1.165) is 18.5 Å². The highest BCUT2D eigenvalue weighted by Gasteiger charge is 2.26. The van der Waals surface area contributed by atoms with E-state index in [-0.39, 0.29) is 0 Å². The normalized spacial score (nSPS) is 12.6. The van der Waals surface area contributed by atoms with E-state index >= 15 is 0 Å². The molecule has 8 aromatic carbocycles. The van der Waals surface area contributed by atoms with Crippen LogP contribution in [0.5, 0.6) is 0 Å². The van der Waals surface area contributed by atoms with Gasteiger partial charge in [-0.25, -0.2) is 0 Å². The Hall–Kier alpha value is -7.16. The second-order valence-electron chi connectivity index (χ2n) is 14.8. The Morgan fingerprint density at radius 2 is 0.893 bits per heavy atom. The van der Waals surface area contributed by atoms with E-state index in [9.17, 15) is 0 Å². The molecule has 0 saturated heterocycles. The van der Waals surface area contributed by atoms with Crippen molar-refractivity contribution in [3.05, 3.63) is 223 Å². The van der Waals surface area contributed by atoms with Gasteiger partial charge >= 0.3 is 0 Å². The van der Waals surface area contributed by atoms with E-state index < -0.39 is 0 Å². The highest BCUT2D eigenvalue weighted by atomic mass is 15.0. The molecule has 0 aliphatic heterocycles. The molecule has 2 nitrogen and oxygen atoms in total. The van der Waals surface area contributed by atoms with Crippen molar-refractivity contribution in [1.29, 1.82) is 0 Å². The van der Waals surface area contributed by atoms with Crippen LogP contribution in [0.2, 0.25) is 0 Å². The van der Waals surface area contributed by atoms with Crippen LogP contribution in [-0.2, 0) is 6.42 Å². The lowest BCUT2D eigenvalue weighted by Gasteiger charge is -2.20. The SMILES string of the molecule is C1=C(c2ccccc2-c2ccc3c(c2)c2ccccc2n3-c2cc(-c3ccccc3)cc(-c3ccccc3)c2)c2c(n(-c3ccccc3)c3ccccc23)CC1. The number of benzene rings is 8. The second-order valence-corrected chi connectivity index (χ2v) is 14.8. The van der Waals surface area contributed by atoms with Gasteiger partial charge in [0.05, 0.1) is 16.6 Å². The summed E-state index contributed by atoms with van der Waals surface area (Å²) in [4.78, 5) is 0. The maximum absolute atomic E-state index is 2.48. The van der Waals surface area contributed by atoms with Gasteiger partial charge < -0.3 is 9.13 Å². The molecular weight excluding hydrogens is 677 g/mol. The maximum Gasteiger partial charge on any atom is 0.0541 e. The van der Waals surface area contributed by atoms with Crippen LogP contribution in [-0.4, -0.2) is 9.13 Å². The van der Waals surface area contributed by atoms with Crippen LogP contribution in [0.25, 0.3) is 83.0 Å². The molecule has 0 bridgehead atoms. The molecule has 10 aromatic rings. The third-order valence-corrected chi connectivity index (χ3v) is 11.6. The summed E-state index contributed by atoms with van der Waals surface area (Å²) in [6, 6.07) is 73.1. The van der Waals surface area contributed by atoms with E-state index in [4.69, 9.17) is 0 Å². The summed E-state index contributed by atoms with van der Waals surface area (Å²) in [6.45, 7) is 0. The molecule has 0 radical (unpaired) electrons. The Labute approximate surface area is 326 Å². The van der Waals surface area contributed by atoms with Crippen molar-refractivity contribution in [3.8, 4) is 44.8 Å². The minimum absolute atomic E-state index is 0.999. The van der Waals surface area contributed by atoms with Gasteiger partial charge in [-0.1, -0.05) is 152 Å². The summed E-state index contributed by atoms with van der Waals surface area (Å²) >= 11 is 0. The molecule has 2 heteroatoms. The molecule has 56 heavy (non-hydrogen) atoms. The van der Waals surface area contributed by atoms with Crippen molar-refractivity contribution in [1.82, 2.24) is 9.13 Å². The molecule has 0 unspecified atom stereocenters. The molecule has 0 amide bonds. The summed E-state index contributed by atoms with van der Waals surface area (Å²) < 4.78 is 4.94. The number of aromatic nitrogens is 2. The minimum Gasteiger partial charge on any atom is -0.313 e. The molecule has 264 valence electrons. The van der Waals surface area contributed by atoms with E-state index in [1.165, 1.54) is 94.2 Å². The predicted octanol–water partition coefficient (Wildman–Crippen LogP) is 14.1. The summed E-state index contributed by atoms with van der Waals surface area (Å²) in [5, 5.41) is 3.80. The van der Waals surface area contributed by atoms with Crippen LogP contribution < -0.4 is 0 Å². The molecule has 0 N–H and O–H groups in total. The number of hydrogen-bond acceptors (Lipinski definition) is 0. The number of allylic oxidation sites excluding steroid dienone is 1. The third kappa shape index (κ3) is 5.26. The Balaban J connectivity index is 1.09. The van der Waals surface area contributed by atoms with Crippen LogP contribution >= 0.6 is 0 Å². The molecule has 11 rings (SSSR count). The van der Waals surface area contributed by atoms with Crippen LogP contribution in [0.1, 0.15) is 23.2 Å². The highest BCUT2D eigenvalue weighted by Crippen LogP contribution is 2.44. The number of para-hydroxylation sites is 3. The number of rotatable bonds is 6. The van der Waals surface area contributed by atoms with Gasteiger partial charge in [0.2, 0.25) is 0 Å². The lowest BCUT2D eigenvalue weighted by Crippen LogP contribution is -2.06. The molecule has 2 aromatic heterocycles. The largest absolute Gasteiger partial charge is 0.313 e. The first-order chi connectivity index (χ1) is 27.8. The summed E-state index contributed by atoms with van der Waals surface area (Å²) in [5.41, 5.74) is 18.6. The molecular formula is C54H38N2. The molecule has 1 aliphatic carbocycles. The third-order valence-electron chi connectivity index (χ3n) is 11.6. The Bertz CT molecular complexity index is 3050. The Kier molecular flexibility index (Phi) is 7.67. The van der Waals surface area contributed by atoms with Crippen molar-refractivity contribution in [2.24, 2.45) is 0 Å². The summed E-state index contributed by atoms with van der Waals surface area (Å²) in [6.07, 6.45) is 4.48. The summed E-state index contributed by atoms with van der Waals surface area (Å²) in [5.74, 6) is 0. The molecule has 0 atom stereocenters. The van der Waals surface area contributed by atoms with Crippen molar-refractivity contribution in [3.63, 3.8) is 0 Å². The first-order valence-electron chi connectivity index (χ1n) is 19.6. The smallest absolute Gasteiger partial charge is 0.0541 e. The zero-order valence-electron chi connectivity index (χ0n) is 30.9. The zero-order valence-corrected chi connectivity index (χ0v) is 30.9. The Morgan fingerprint density at radius 3 is 1.59 bits per heavy atom. The van der Waals surface area contributed by atoms with Crippen LogP contribution in [0.15, 0.2) is 206 Å². The molecule has 0 saturated carbocycles. The first kappa shape index (κ1) is 32.3. The lowest BCUT2D eigenvalue weighted by molar-refractivity contribution is 0.884. The van der Waals surface area contributed by atoms with Gasteiger partial charge in [0.15, 0.2) is 0 Å². The van der Waals surface area contributed by atoms with E-state index in [1.54, 1.807) is 0 Å². The molecule has 0 fully saturated rings. The Morgan fingerprint density at radius 1 is 0.339 bits per heavy atom. The van der Waals surface area contributed by atoms with Crippen molar-refractivity contribution in [2.75, 3.05) is 0 Å². The van der Waals surface area contributed by atoms with Gasteiger partial charge in [-0.3, -0.25) is 0 Å². The van der Waals surface area contributed by atoms with Gasteiger partial charge in [-0.2, -0.15) is 0 Å². The van der Waals surface area contributed by atoms with Gasteiger partial charge in [-0.15, -0.1) is 0 Å². The second kappa shape index (κ2) is 13.3. The van der Waals surface area contributed by atoms with E-state index in [1.807, 2.05) is 0 Å². The standard InChI is InChI=1S/C54H38N2/c1-4-17-37(18-5-1)40-33-41(38-19-6-2-7-20-38)35-43(34-40)56-50-28-14-12-25-46(50)49-36-39(31-32-52(49)56)44-23-10-11-24-45(44)47-27-16-30-53-54(47)48-26-13-15-29-51(48)55(53)42-21-8-3-9-22-42/h1-15,17-29,31-36H,16,30H2. The molecule has 1 aliphatic rings. The van der Waals surface area contributed by atoms with Crippen LogP contribution in [0.3, 0.4) is 0 Å². The number of fused-ring (bicyclic) bond motifs is 6. The number of hydrogen-bond donors (Lipinski definition) is 0. The average molecular weight is 715 g/mol. The minimum atomic E-state index is 0.999. The van der Waals surface area contributed by atoms with Gasteiger partial charge in [0, 0.05) is 38.8 Å². The van der Waals surface area contributed by atoms with E-state index in [0.29, 0.717) is 0 Å². The highest BCUT2D eigenvalue weighted by molar-refractivity contribution is 6.11. The van der Waals surface area contributed by atoms with Gasteiger partial charge in [-0.05, 0) is 112 Å². The molecule has 2 heterocycles. The maximum atomic E-state index is 2.48. The topological polar surface area (TPSA) is 9.86 Å². The predicted molar refractivity (Wildman–Crippen MR) is 236 cm³/mol. The molecule has 0 spiro atoms. The van der Waals surface area contributed by atoms with Crippen molar-refractivity contribution >= 4 is 38.3 Å². The first-order valence-corrected chi connectivity index (χ1v) is 19.6. The van der Waals surface area contributed by atoms with Crippen LogP contribution in [0, 0.1) is 0 Å². The monoisotopic (exact) mass is 714 g/mol. The fourth-order valence-electron chi connectivity index (χ4n) is 9.13. The van der Waals surface area contributed by atoms with Crippen molar-refractivity contribution < 1.29 is 0 Å². The van der Waals surface area contributed by atoms with Gasteiger partial charge in [0.1, 0.15) is 0 Å². The zero-order chi connectivity index (χ0) is 37.0. The van der Waals surface area contributed by atoms with Crippen molar-refractivity contribution in [2.45, 2.75) is 12.8 Å².